The van der Waals surface area contributed by atoms with Crippen LogP contribution in [0, 0.1) is 6.92 Å². The van der Waals surface area contributed by atoms with Crippen LogP contribution in [0.4, 0.5) is 5.69 Å². The van der Waals surface area contributed by atoms with Gasteiger partial charge in [-0.2, -0.15) is 0 Å². The van der Waals surface area contributed by atoms with Crippen LogP contribution in [-0.2, 0) is 4.74 Å². The maximum Gasteiger partial charge on any atom is 0.266 e. The highest BCUT2D eigenvalue weighted by atomic mass is 32.1. The summed E-state index contributed by atoms with van der Waals surface area (Å²) in [7, 11) is 0. The molecule has 0 radical (unpaired) electrons. The molecule has 0 aliphatic carbocycles. The van der Waals surface area contributed by atoms with Crippen LogP contribution in [0.3, 0.4) is 0 Å². The molecule has 5 nitrogen and oxygen atoms in total. The third-order valence-electron chi connectivity index (χ3n) is 3.56. The van der Waals surface area contributed by atoms with E-state index in [1.54, 1.807) is 0 Å². The molecule has 1 saturated heterocycles. The number of carbonyl (C=O) groups is 1. The quantitative estimate of drug-likeness (QED) is 0.873. The number of anilines is 1. The van der Waals surface area contributed by atoms with Crippen LogP contribution < -0.4 is 5.73 Å². The minimum atomic E-state index is -0.0149. The molecule has 2 N–H and O–H groups in total. The lowest BCUT2D eigenvalue weighted by molar-refractivity contribution is 0.00392. The molecule has 2 aromatic heterocycles. The molecule has 1 unspecified atom stereocenters. The number of nitrogens with two attached hydrogens (primary N) is 1. The number of hydrogen-bond donors (Lipinski definition) is 1. The van der Waals surface area contributed by atoms with E-state index in [0.29, 0.717) is 30.3 Å². The number of carbonyl (C=O) groups excluding carboxylic acids is 1. The van der Waals surface area contributed by atoms with Gasteiger partial charge in [0.15, 0.2) is 0 Å². The lowest BCUT2D eigenvalue weighted by atomic mass is 10.2. The number of amides is 1. The molecule has 0 saturated carbocycles. The summed E-state index contributed by atoms with van der Waals surface area (Å²) < 4.78 is 5.37. The standard InChI is InChI=1S/C14H17N3O2S/c1-8-3-4-10-11(15)12(20-13(10)16-8)14(18)17-5-6-19-7-9(17)2/h3-4,9H,5-7,15H2,1-2H3. The summed E-state index contributed by atoms with van der Waals surface area (Å²) in [6, 6.07) is 3.93. The predicted octanol–water partition coefficient (Wildman–Crippen LogP) is 2.05. The van der Waals surface area contributed by atoms with E-state index in [-0.39, 0.29) is 11.9 Å². The molecule has 6 heteroatoms. The van der Waals surface area contributed by atoms with Crippen LogP contribution in [0.15, 0.2) is 12.1 Å². The number of ether oxygens (including phenoxy) is 1. The first-order valence-corrected chi connectivity index (χ1v) is 7.44. The number of hydrogen-bond acceptors (Lipinski definition) is 5. The number of fused-ring (bicyclic) bond motifs is 1. The summed E-state index contributed by atoms with van der Waals surface area (Å²) in [5.74, 6) is -0.0149. The van der Waals surface area contributed by atoms with E-state index < -0.39 is 0 Å². The van der Waals surface area contributed by atoms with Crippen LogP contribution in [-0.4, -0.2) is 41.6 Å². The maximum atomic E-state index is 12.7. The van der Waals surface area contributed by atoms with E-state index in [4.69, 9.17) is 10.5 Å². The van der Waals surface area contributed by atoms with Crippen molar-refractivity contribution in [2.45, 2.75) is 19.9 Å². The molecule has 1 amide bonds. The van der Waals surface area contributed by atoms with Gasteiger partial charge in [0.05, 0.1) is 24.9 Å². The fraction of sp³-hybridized carbons (Fsp3) is 0.429. The highest BCUT2D eigenvalue weighted by Crippen LogP contribution is 2.33. The van der Waals surface area contributed by atoms with Crippen LogP contribution in [0.2, 0.25) is 0 Å². The van der Waals surface area contributed by atoms with Crippen molar-refractivity contribution in [3.8, 4) is 0 Å². The van der Waals surface area contributed by atoms with Crippen molar-refractivity contribution in [1.82, 2.24) is 9.88 Å². The van der Waals surface area contributed by atoms with Crippen LogP contribution in [0.1, 0.15) is 22.3 Å². The second kappa shape index (κ2) is 5.03. The molecule has 1 fully saturated rings. The van der Waals surface area contributed by atoms with E-state index in [2.05, 4.69) is 4.98 Å². The molecule has 1 aliphatic rings. The van der Waals surface area contributed by atoms with Crippen LogP contribution in [0.25, 0.3) is 10.2 Å². The number of nitrogens with zero attached hydrogens (tertiary/aromatic N) is 2. The summed E-state index contributed by atoms with van der Waals surface area (Å²) in [5.41, 5.74) is 7.60. The Labute approximate surface area is 121 Å². The smallest absolute Gasteiger partial charge is 0.266 e. The Bertz CT molecular complexity index is 668. The van der Waals surface area contributed by atoms with E-state index in [0.717, 1.165) is 15.9 Å². The number of thiophene rings is 1. The third-order valence-corrected chi connectivity index (χ3v) is 4.66. The second-order valence-corrected chi connectivity index (χ2v) is 6.07. The summed E-state index contributed by atoms with van der Waals surface area (Å²) in [4.78, 5) is 20.4. The molecule has 3 rings (SSSR count). The zero-order valence-electron chi connectivity index (χ0n) is 11.5. The van der Waals surface area contributed by atoms with Crippen molar-refractivity contribution < 1.29 is 9.53 Å². The Morgan fingerprint density at radius 2 is 2.35 bits per heavy atom. The van der Waals surface area contributed by atoms with Gasteiger partial charge >= 0.3 is 0 Å². The summed E-state index contributed by atoms with van der Waals surface area (Å²) in [6.45, 7) is 5.69. The van der Waals surface area contributed by atoms with Crippen molar-refractivity contribution >= 4 is 33.1 Å². The van der Waals surface area contributed by atoms with Crippen molar-refractivity contribution in [1.29, 1.82) is 0 Å². The number of nitrogen functional groups attached to an aromatic ring is 1. The Balaban J connectivity index is 2.01. The van der Waals surface area contributed by atoms with E-state index in [1.165, 1.54) is 11.3 Å². The van der Waals surface area contributed by atoms with Gasteiger partial charge in [0.2, 0.25) is 0 Å². The monoisotopic (exact) mass is 291 g/mol. The molecule has 20 heavy (non-hydrogen) atoms. The SMILES string of the molecule is Cc1ccc2c(N)c(C(=O)N3CCOCC3C)sc2n1. The van der Waals surface area contributed by atoms with Crippen molar-refractivity contribution in [2.75, 3.05) is 25.5 Å². The first-order chi connectivity index (χ1) is 9.58. The minimum Gasteiger partial charge on any atom is -0.397 e. The Morgan fingerprint density at radius 1 is 1.55 bits per heavy atom. The molecule has 0 spiro atoms. The number of aryl methyl sites for hydroxylation is 1. The van der Waals surface area contributed by atoms with Gasteiger partial charge in [-0.3, -0.25) is 4.79 Å². The van der Waals surface area contributed by atoms with Gasteiger partial charge in [0.25, 0.3) is 5.91 Å². The van der Waals surface area contributed by atoms with Gasteiger partial charge in [0.1, 0.15) is 9.71 Å². The normalized spacial score (nSPS) is 19.5. The molecular weight excluding hydrogens is 274 g/mol. The Morgan fingerprint density at radius 3 is 3.10 bits per heavy atom. The molecule has 106 valence electrons. The van der Waals surface area contributed by atoms with Gasteiger partial charge in [-0.05, 0) is 26.0 Å². The highest BCUT2D eigenvalue weighted by molar-refractivity contribution is 7.21. The van der Waals surface area contributed by atoms with Gasteiger partial charge in [-0.15, -0.1) is 11.3 Å². The molecule has 1 aliphatic heterocycles. The summed E-state index contributed by atoms with van der Waals surface area (Å²) in [6.07, 6.45) is 0. The second-order valence-electron chi connectivity index (χ2n) is 5.07. The predicted molar refractivity (Wildman–Crippen MR) is 80.1 cm³/mol. The largest absolute Gasteiger partial charge is 0.397 e. The van der Waals surface area contributed by atoms with Crippen LogP contribution in [0.5, 0.6) is 0 Å². The number of pyridine rings is 1. The summed E-state index contributed by atoms with van der Waals surface area (Å²) >= 11 is 1.37. The van der Waals surface area contributed by atoms with E-state index in [9.17, 15) is 4.79 Å². The topological polar surface area (TPSA) is 68.5 Å². The average Bonchev–Trinajstić information content (AvgIpc) is 2.75. The van der Waals surface area contributed by atoms with Gasteiger partial charge < -0.3 is 15.4 Å². The van der Waals surface area contributed by atoms with E-state index in [1.807, 2.05) is 30.9 Å². The lowest BCUT2D eigenvalue weighted by Gasteiger charge is -2.33. The molecule has 2 aromatic rings. The molecule has 0 bridgehead atoms. The fourth-order valence-electron chi connectivity index (χ4n) is 2.41. The lowest BCUT2D eigenvalue weighted by Crippen LogP contribution is -2.47. The van der Waals surface area contributed by atoms with Crippen LogP contribution >= 0.6 is 11.3 Å². The van der Waals surface area contributed by atoms with Gasteiger partial charge in [-0.1, -0.05) is 0 Å². The Hall–Kier alpha value is -1.66. The first-order valence-electron chi connectivity index (χ1n) is 6.62. The van der Waals surface area contributed by atoms with Crippen molar-refractivity contribution in [3.63, 3.8) is 0 Å². The number of morpholine rings is 1. The van der Waals surface area contributed by atoms with E-state index >= 15 is 0 Å². The highest BCUT2D eigenvalue weighted by Gasteiger charge is 2.28. The first kappa shape index (κ1) is 13.3. The van der Waals surface area contributed by atoms with Crippen molar-refractivity contribution in [2.24, 2.45) is 0 Å². The summed E-state index contributed by atoms with van der Waals surface area (Å²) in [5, 5.41) is 0.866. The average molecular weight is 291 g/mol. The number of aromatic nitrogens is 1. The van der Waals surface area contributed by atoms with Gasteiger partial charge in [0, 0.05) is 17.6 Å². The third kappa shape index (κ3) is 2.14. The van der Waals surface area contributed by atoms with Gasteiger partial charge in [-0.25, -0.2) is 4.98 Å². The zero-order chi connectivity index (χ0) is 14.3. The zero-order valence-corrected chi connectivity index (χ0v) is 12.4. The van der Waals surface area contributed by atoms with Crippen molar-refractivity contribution in [3.05, 3.63) is 22.7 Å². The minimum absolute atomic E-state index is 0.0149. The molecule has 1 atom stereocenters. The maximum absolute atomic E-state index is 12.7. The fourth-order valence-corrected chi connectivity index (χ4v) is 3.50. The molecule has 3 heterocycles. The molecule has 0 aromatic carbocycles. The Kier molecular flexibility index (Phi) is 3.35. The number of rotatable bonds is 1. The molecular formula is C14H17N3O2S.